The molecule has 2 N–H and O–H groups in total. The third kappa shape index (κ3) is 4.12. The molecule has 0 fully saturated rings. The largest absolute Gasteiger partial charge is 0.478 e. The van der Waals surface area contributed by atoms with Gasteiger partial charge in [-0.1, -0.05) is 23.7 Å². The molecule has 1 heterocycles. The summed E-state index contributed by atoms with van der Waals surface area (Å²) < 4.78 is 5.14. The average molecular weight is 375 g/mol. The number of nitrogens with zero attached hydrogens (tertiary/aromatic N) is 1. The van der Waals surface area contributed by atoms with Gasteiger partial charge in [0.2, 0.25) is 5.91 Å². The SMILES string of the molecule is O=C(CN1CC(=O)Oc2ccc(Cl)cc21)NCc1ccc(C(=O)O)cc1. The van der Waals surface area contributed by atoms with Crippen LogP contribution in [0.5, 0.6) is 5.75 Å². The average Bonchev–Trinajstić information content (AvgIpc) is 2.61. The summed E-state index contributed by atoms with van der Waals surface area (Å²) in [6, 6.07) is 11.1. The van der Waals surface area contributed by atoms with Crippen LogP contribution in [-0.4, -0.2) is 36.0 Å². The van der Waals surface area contributed by atoms with E-state index >= 15 is 0 Å². The Hall–Kier alpha value is -3.06. The fourth-order valence-corrected chi connectivity index (χ4v) is 2.72. The molecule has 134 valence electrons. The first-order valence-corrected chi connectivity index (χ1v) is 8.14. The van der Waals surface area contributed by atoms with Crippen molar-refractivity contribution in [2.75, 3.05) is 18.0 Å². The molecule has 1 aliphatic rings. The number of fused-ring (bicyclic) bond motifs is 1. The van der Waals surface area contributed by atoms with Crippen molar-refractivity contribution in [2.24, 2.45) is 0 Å². The van der Waals surface area contributed by atoms with Gasteiger partial charge in [-0.05, 0) is 35.9 Å². The first-order valence-electron chi connectivity index (χ1n) is 7.76. The monoisotopic (exact) mass is 374 g/mol. The zero-order valence-corrected chi connectivity index (χ0v) is 14.3. The number of carboxylic acids is 1. The van der Waals surface area contributed by atoms with Gasteiger partial charge in [0.25, 0.3) is 0 Å². The van der Waals surface area contributed by atoms with Gasteiger partial charge in [0.15, 0.2) is 5.75 Å². The molecule has 0 aromatic heterocycles. The second-order valence-electron chi connectivity index (χ2n) is 5.72. The molecule has 0 bridgehead atoms. The maximum absolute atomic E-state index is 12.2. The first-order chi connectivity index (χ1) is 12.4. The topological polar surface area (TPSA) is 95.9 Å². The lowest BCUT2D eigenvalue weighted by Gasteiger charge is -2.29. The number of ether oxygens (including phenoxy) is 1. The zero-order valence-electron chi connectivity index (χ0n) is 13.6. The summed E-state index contributed by atoms with van der Waals surface area (Å²) in [5.41, 5.74) is 1.53. The van der Waals surface area contributed by atoms with Gasteiger partial charge in [-0.3, -0.25) is 4.79 Å². The molecule has 0 saturated carbocycles. The van der Waals surface area contributed by atoms with Crippen molar-refractivity contribution in [3.63, 3.8) is 0 Å². The van der Waals surface area contributed by atoms with Crippen molar-refractivity contribution in [1.82, 2.24) is 5.32 Å². The highest BCUT2D eigenvalue weighted by atomic mass is 35.5. The minimum absolute atomic E-state index is 0.0321. The van der Waals surface area contributed by atoms with E-state index in [9.17, 15) is 14.4 Å². The Balaban J connectivity index is 1.62. The summed E-state index contributed by atoms with van der Waals surface area (Å²) in [6.07, 6.45) is 0. The fraction of sp³-hybridized carbons (Fsp3) is 0.167. The van der Waals surface area contributed by atoms with Crippen molar-refractivity contribution in [2.45, 2.75) is 6.54 Å². The van der Waals surface area contributed by atoms with Gasteiger partial charge in [0.1, 0.15) is 6.54 Å². The quantitative estimate of drug-likeness (QED) is 0.614. The van der Waals surface area contributed by atoms with Gasteiger partial charge in [0.05, 0.1) is 17.8 Å². The Kier molecular flexibility index (Phi) is 5.09. The van der Waals surface area contributed by atoms with E-state index in [1.165, 1.54) is 12.1 Å². The molecular weight excluding hydrogens is 360 g/mol. The number of aromatic carboxylic acids is 1. The predicted octanol–water partition coefficient (Wildman–Crippen LogP) is 2.08. The Morgan fingerprint density at radius 3 is 2.62 bits per heavy atom. The summed E-state index contributed by atoms with van der Waals surface area (Å²) in [6.45, 7) is 0.170. The van der Waals surface area contributed by atoms with Crippen molar-refractivity contribution < 1.29 is 24.2 Å². The van der Waals surface area contributed by atoms with Crippen LogP contribution in [-0.2, 0) is 16.1 Å². The molecule has 3 rings (SSSR count). The van der Waals surface area contributed by atoms with E-state index in [-0.39, 0.29) is 31.1 Å². The predicted molar refractivity (Wildman–Crippen MR) is 94.5 cm³/mol. The van der Waals surface area contributed by atoms with Crippen molar-refractivity contribution >= 4 is 35.1 Å². The number of rotatable bonds is 5. The van der Waals surface area contributed by atoms with Gasteiger partial charge in [-0.2, -0.15) is 0 Å². The molecule has 0 atom stereocenters. The number of anilines is 1. The lowest BCUT2D eigenvalue weighted by molar-refractivity contribution is -0.133. The van der Waals surface area contributed by atoms with E-state index in [1.807, 2.05) is 0 Å². The highest BCUT2D eigenvalue weighted by molar-refractivity contribution is 6.31. The summed E-state index contributed by atoms with van der Waals surface area (Å²) >= 11 is 5.98. The van der Waals surface area contributed by atoms with Crippen LogP contribution < -0.4 is 15.0 Å². The number of esters is 1. The standard InChI is InChI=1S/C18H15ClN2O5/c19-13-5-6-15-14(7-13)21(10-17(23)26-15)9-16(22)20-8-11-1-3-12(4-2-11)18(24)25/h1-7H,8-10H2,(H,20,22)(H,24,25). The molecule has 2 aromatic carbocycles. The lowest BCUT2D eigenvalue weighted by atomic mass is 10.1. The summed E-state index contributed by atoms with van der Waals surface area (Å²) in [5.74, 6) is -1.37. The Morgan fingerprint density at radius 2 is 1.92 bits per heavy atom. The number of carbonyl (C=O) groups is 3. The number of nitrogens with one attached hydrogen (secondary N) is 1. The Morgan fingerprint density at radius 1 is 1.19 bits per heavy atom. The van der Waals surface area contributed by atoms with Crippen LogP contribution in [0.25, 0.3) is 0 Å². The second kappa shape index (κ2) is 7.45. The maximum Gasteiger partial charge on any atom is 0.335 e. The molecule has 0 radical (unpaired) electrons. The number of carboxylic acid groups (broad SMARTS) is 1. The van der Waals surface area contributed by atoms with Gasteiger partial charge >= 0.3 is 11.9 Å². The third-order valence-corrected chi connectivity index (χ3v) is 4.07. The molecule has 1 amide bonds. The van der Waals surface area contributed by atoms with Crippen molar-refractivity contribution in [3.8, 4) is 5.75 Å². The van der Waals surface area contributed by atoms with Crippen LogP contribution in [0.2, 0.25) is 5.02 Å². The fourth-order valence-electron chi connectivity index (χ4n) is 2.56. The van der Waals surface area contributed by atoms with E-state index in [0.29, 0.717) is 16.5 Å². The molecular formula is C18H15ClN2O5. The van der Waals surface area contributed by atoms with Gasteiger partial charge < -0.3 is 20.1 Å². The smallest absolute Gasteiger partial charge is 0.335 e. The van der Waals surface area contributed by atoms with Gasteiger partial charge in [-0.25, -0.2) is 9.59 Å². The Bertz CT molecular complexity index is 866. The van der Waals surface area contributed by atoms with Crippen LogP contribution in [0.3, 0.4) is 0 Å². The van der Waals surface area contributed by atoms with Gasteiger partial charge in [-0.15, -0.1) is 0 Å². The van der Waals surface area contributed by atoms with E-state index in [1.54, 1.807) is 35.2 Å². The molecule has 0 spiro atoms. The van der Waals surface area contributed by atoms with E-state index < -0.39 is 11.9 Å². The molecule has 1 aliphatic heterocycles. The van der Waals surface area contributed by atoms with E-state index in [0.717, 1.165) is 5.56 Å². The number of carbonyl (C=O) groups excluding carboxylic acids is 2. The first kappa shape index (κ1) is 17.8. The molecule has 7 nitrogen and oxygen atoms in total. The second-order valence-corrected chi connectivity index (χ2v) is 6.16. The third-order valence-electron chi connectivity index (χ3n) is 3.83. The van der Waals surface area contributed by atoms with Gasteiger partial charge in [0, 0.05) is 11.6 Å². The highest BCUT2D eigenvalue weighted by Gasteiger charge is 2.25. The zero-order chi connectivity index (χ0) is 18.7. The molecule has 0 saturated heterocycles. The molecule has 0 unspecified atom stereocenters. The van der Waals surface area contributed by atoms with Crippen molar-refractivity contribution in [3.05, 3.63) is 58.6 Å². The van der Waals surface area contributed by atoms with E-state index in [4.69, 9.17) is 21.4 Å². The molecule has 8 heteroatoms. The minimum Gasteiger partial charge on any atom is -0.478 e. The maximum atomic E-state index is 12.2. The number of hydrogen-bond donors (Lipinski definition) is 2. The highest BCUT2D eigenvalue weighted by Crippen LogP contribution is 2.34. The van der Waals surface area contributed by atoms with Crippen LogP contribution in [0.15, 0.2) is 42.5 Å². The number of halogens is 1. The minimum atomic E-state index is -1.00. The number of amides is 1. The Labute approximate surface area is 154 Å². The molecule has 26 heavy (non-hydrogen) atoms. The van der Waals surface area contributed by atoms with Crippen LogP contribution in [0.1, 0.15) is 15.9 Å². The van der Waals surface area contributed by atoms with Crippen LogP contribution >= 0.6 is 11.6 Å². The van der Waals surface area contributed by atoms with Crippen LogP contribution in [0.4, 0.5) is 5.69 Å². The molecule has 0 aliphatic carbocycles. The number of benzene rings is 2. The summed E-state index contributed by atoms with van der Waals surface area (Å²) in [5, 5.41) is 12.1. The number of hydrogen-bond acceptors (Lipinski definition) is 5. The van der Waals surface area contributed by atoms with Crippen LogP contribution in [0, 0.1) is 0 Å². The summed E-state index contributed by atoms with van der Waals surface area (Å²) in [7, 11) is 0. The molecule has 2 aromatic rings. The van der Waals surface area contributed by atoms with Crippen molar-refractivity contribution in [1.29, 1.82) is 0 Å². The lowest BCUT2D eigenvalue weighted by Crippen LogP contribution is -2.43. The summed E-state index contributed by atoms with van der Waals surface area (Å²) in [4.78, 5) is 36.3. The van der Waals surface area contributed by atoms with E-state index in [2.05, 4.69) is 5.32 Å². The normalized spacial score (nSPS) is 13.0.